The summed E-state index contributed by atoms with van der Waals surface area (Å²) in [6, 6.07) is 0. The van der Waals surface area contributed by atoms with Gasteiger partial charge in [-0.15, -0.1) is 0 Å². The minimum atomic E-state index is -4.64. The Morgan fingerprint density at radius 3 is 0.615 bits per heavy atom. The zero-order valence-corrected chi connectivity index (χ0v) is 26.4. The maximum Gasteiger partial charge on any atom is 2.00 e. The van der Waals surface area contributed by atoms with Gasteiger partial charge in [-0.25, -0.2) is 4.57 Å². The molecule has 3 N–H and O–H groups in total. The number of hydrogen-bond acceptors (Lipinski definition) is 1. The van der Waals surface area contributed by atoms with Crippen LogP contribution in [0.2, 0.25) is 0 Å². The third-order valence-electron chi connectivity index (χ3n) is 0. The van der Waals surface area contributed by atoms with Crippen LogP contribution in [0.25, 0.3) is 0 Å². The summed E-state index contributed by atoms with van der Waals surface area (Å²) in [7, 11) is -4.64. The second kappa shape index (κ2) is 38.0. The normalized spacial score (nSPS) is 4.54. The first-order chi connectivity index (χ1) is 2.00. The van der Waals surface area contributed by atoms with Gasteiger partial charge in [0.15, 0.2) is 0 Å². The fourth-order valence-electron chi connectivity index (χ4n) is 0. The number of hydrogen-bond donors (Lipinski definition) is 3. The Kier molecular flexibility index (Phi) is 166. The third kappa shape index (κ3) is 87.1. The van der Waals surface area contributed by atoms with Crippen molar-refractivity contribution in [2.75, 3.05) is 0 Å². The van der Waals surface area contributed by atoms with E-state index in [4.69, 9.17) is 19.2 Å². The van der Waals surface area contributed by atoms with Gasteiger partial charge in [0.05, 0.1) is 0 Å². The quantitative estimate of drug-likeness (QED) is 0.299. The molecule has 13 heteroatoms. The predicted octanol–water partition coefficient (Wildman–Crippen LogP) is -2.18. The largest absolute Gasteiger partial charge is 2.00 e. The van der Waals surface area contributed by atoms with Crippen LogP contribution < -0.4 is 0 Å². The SMILES string of the molecule is O=P(O)(O)O.[Ca+2].[Ca+2].[Ca+2].[Ca+2].[Ca+2].[Ca+2].[Ca+2].[Ca+2].[H-].[H-].[H-].[H-].[H-].[H-].[H-].[H-].[H-].[H-].[H-].[H-].[H-].[H-].[H-].[H-]. The van der Waals surface area contributed by atoms with Crippen molar-refractivity contribution in [1.82, 2.24) is 0 Å². The molecule has 0 spiro atoms. The van der Waals surface area contributed by atoms with E-state index >= 15 is 0 Å². The molecule has 0 saturated heterocycles. The molecule has 64 valence electrons. The molecular weight excluding hydrogens is 416 g/mol. The molecule has 0 unspecified atom stereocenters. The number of phosphoric acid groups is 1. The molecule has 0 aromatic rings. The molecule has 0 bridgehead atoms. The summed E-state index contributed by atoms with van der Waals surface area (Å²) in [4.78, 5) is 21.6. The van der Waals surface area contributed by atoms with Gasteiger partial charge in [-0.05, 0) is 0 Å². The zero-order chi connectivity index (χ0) is 4.50. The predicted molar refractivity (Wildman–Crippen MR) is 78.1 cm³/mol. The van der Waals surface area contributed by atoms with E-state index in [9.17, 15) is 0 Å². The van der Waals surface area contributed by atoms with Crippen molar-refractivity contribution in [2.24, 2.45) is 0 Å². The Bertz CT molecular complexity index is 91.1. The van der Waals surface area contributed by atoms with Crippen LogP contribution in [-0.4, -0.2) is 317 Å². The van der Waals surface area contributed by atoms with Crippen molar-refractivity contribution in [2.45, 2.75) is 0 Å². The van der Waals surface area contributed by atoms with Gasteiger partial charge in [0.2, 0.25) is 0 Å². The summed E-state index contributed by atoms with van der Waals surface area (Å²) < 4.78 is 8.88. The van der Waals surface area contributed by atoms with Crippen molar-refractivity contribution in [3.05, 3.63) is 0 Å². The van der Waals surface area contributed by atoms with E-state index in [1.54, 1.807) is 0 Å². The van der Waals surface area contributed by atoms with Crippen LogP contribution in [0.4, 0.5) is 0 Å². The van der Waals surface area contributed by atoms with Crippen LogP contribution in [0.1, 0.15) is 22.8 Å². The summed E-state index contributed by atoms with van der Waals surface area (Å²) in [5.74, 6) is 0. The molecule has 0 aromatic carbocycles. The topological polar surface area (TPSA) is 77.8 Å². The molecular formula is H19Ca8O4P. The maximum atomic E-state index is 8.88. The third-order valence-corrected chi connectivity index (χ3v) is 0. The first-order valence-electron chi connectivity index (χ1n) is 0.783. The first-order valence-corrected chi connectivity index (χ1v) is 2.35. The first kappa shape index (κ1) is 56.7. The van der Waals surface area contributed by atoms with Crippen LogP contribution in [0.5, 0.6) is 0 Å². The van der Waals surface area contributed by atoms with Crippen LogP contribution >= 0.6 is 7.82 Å². The standard InChI is InChI=1S/8Ca.H3O4P.16H/c;;;;;;;;1-5(2,3)4;;;;;;;;;;;;;;;;/h;;;;;;;;(H3,1,2,3,4);;;;;;;;;;;;;;;;/q8*+2;;16*-1. The molecule has 0 heterocycles. The maximum absolute atomic E-state index is 8.88. The van der Waals surface area contributed by atoms with E-state index in [0.29, 0.717) is 0 Å². The molecule has 0 amide bonds. The molecule has 0 fully saturated rings. The van der Waals surface area contributed by atoms with Gasteiger partial charge in [-0.2, -0.15) is 0 Å². The Morgan fingerprint density at radius 2 is 0.615 bits per heavy atom. The van der Waals surface area contributed by atoms with Crippen molar-refractivity contribution in [3.63, 3.8) is 0 Å². The Hall–Kier alpha value is 10.2. The molecule has 0 aliphatic carbocycles. The molecule has 0 atom stereocenters. The van der Waals surface area contributed by atoms with Gasteiger partial charge in [0.1, 0.15) is 0 Å². The van der Waals surface area contributed by atoms with Gasteiger partial charge in [0.25, 0.3) is 0 Å². The average molecular weight is 435 g/mol. The van der Waals surface area contributed by atoms with E-state index in [-0.39, 0.29) is 325 Å². The van der Waals surface area contributed by atoms with E-state index in [1.165, 1.54) is 0 Å². The Balaban J connectivity index is -0.000000000290. The van der Waals surface area contributed by atoms with Gasteiger partial charge < -0.3 is 37.5 Å². The second-order valence-electron chi connectivity index (χ2n) is 0.513. The van der Waals surface area contributed by atoms with Gasteiger partial charge in [-0.3, -0.25) is 0 Å². The Labute approximate surface area is 341 Å². The molecule has 0 aliphatic rings. The van der Waals surface area contributed by atoms with Crippen LogP contribution in [-0.2, 0) is 4.57 Å². The summed E-state index contributed by atoms with van der Waals surface area (Å²) in [6.07, 6.45) is 0. The molecule has 0 rings (SSSR count). The van der Waals surface area contributed by atoms with E-state index in [2.05, 4.69) is 0 Å². The molecule has 0 saturated carbocycles. The van der Waals surface area contributed by atoms with Crippen molar-refractivity contribution in [3.8, 4) is 0 Å². The minimum Gasteiger partial charge on any atom is -1.00 e. The summed E-state index contributed by atoms with van der Waals surface area (Å²) in [5, 5.41) is 0. The van der Waals surface area contributed by atoms with E-state index < -0.39 is 7.82 Å². The van der Waals surface area contributed by atoms with Crippen molar-refractivity contribution in [1.29, 1.82) is 0 Å². The molecule has 4 nitrogen and oxygen atoms in total. The van der Waals surface area contributed by atoms with Gasteiger partial charge >= 0.3 is 310 Å². The summed E-state index contributed by atoms with van der Waals surface area (Å²) in [6.45, 7) is 0. The van der Waals surface area contributed by atoms with Crippen LogP contribution in [0.15, 0.2) is 0 Å². The smallest absolute Gasteiger partial charge is 1.00 e. The van der Waals surface area contributed by atoms with Crippen molar-refractivity contribution < 1.29 is 42.1 Å². The van der Waals surface area contributed by atoms with E-state index in [0.717, 1.165) is 0 Å². The average Bonchev–Trinajstić information content (AvgIpc) is 0.722. The van der Waals surface area contributed by atoms with Crippen LogP contribution in [0, 0.1) is 0 Å². The van der Waals surface area contributed by atoms with Gasteiger partial charge in [-0.1, -0.05) is 0 Å². The summed E-state index contributed by atoms with van der Waals surface area (Å²) in [5.41, 5.74) is 0. The van der Waals surface area contributed by atoms with E-state index in [1.807, 2.05) is 0 Å². The minimum absolute atomic E-state index is 0. The zero-order valence-electron chi connectivity index (χ0n) is 23.9. The van der Waals surface area contributed by atoms with Crippen molar-refractivity contribution >= 4 is 310 Å². The van der Waals surface area contributed by atoms with Crippen LogP contribution in [0.3, 0.4) is 0 Å². The summed E-state index contributed by atoms with van der Waals surface area (Å²) >= 11 is 0. The molecule has 13 heavy (non-hydrogen) atoms. The monoisotopic (exact) mass is 434 g/mol. The Morgan fingerprint density at radius 1 is 0.615 bits per heavy atom. The fraction of sp³-hybridized carbons (Fsp3) is 0. The van der Waals surface area contributed by atoms with Gasteiger partial charge in [0, 0.05) is 0 Å². The second-order valence-corrected chi connectivity index (χ2v) is 1.54. The molecule has 0 aromatic heterocycles. The molecule has 0 radical (unpaired) electrons. The number of rotatable bonds is 0. The fourth-order valence-corrected chi connectivity index (χ4v) is 0. The molecule has 0 aliphatic heterocycles.